The molecule has 1 atom stereocenters. The van der Waals surface area contributed by atoms with Gasteiger partial charge in [-0.05, 0) is 72.5 Å². The number of carbonyl (C=O) groups excluding carboxylic acids is 1. The second-order valence-electron chi connectivity index (χ2n) is 5.70. The molecule has 0 aromatic heterocycles. The van der Waals surface area contributed by atoms with E-state index in [1.54, 1.807) is 7.11 Å². The summed E-state index contributed by atoms with van der Waals surface area (Å²) in [5.41, 5.74) is 1.13. The highest BCUT2D eigenvalue weighted by molar-refractivity contribution is 14.1. The number of rotatable bonds is 3. The van der Waals surface area contributed by atoms with E-state index in [9.17, 15) is 4.79 Å². The summed E-state index contributed by atoms with van der Waals surface area (Å²) in [5.74, 6) is 1.12. The molecule has 1 heterocycles. The minimum atomic E-state index is 0. The molecule has 2 fully saturated rings. The van der Waals surface area contributed by atoms with Gasteiger partial charge in [-0.25, -0.2) is 0 Å². The van der Waals surface area contributed by atoms with E-state index in [2.05, 4.69) is 33.2 Å². The zero-order chi connectivity index (χ0) is 14.2. The Labute approximate surface area is 144 Å². The van der Waals surface area contributed by atoms with Crippen LogP contribution in [0.5, 0.6) is 5.75 Å². The van der Waals surface area contributed by atoms with Crippen LogP contribution in [-0.4, -0.2) is 26.1 Å². The molecular formula is C15H20ClIN2O2. The number of amides is 1. The lowest BCUT2D eigenvalue weighted by Crippen LogP contribution is -2.31. The summed E-state index contributed by atoms with van der Waals surface area (Å²) in [4.78, 5) is 12.4. The minimum Gasteiger partial charge on any atom is -0.497 e. The molecule has 3 rings (SSSR count). The SMILES string of the molecule is COc1ccc(I)c(NC(=O)C2CC23CCNCC3)c1.Cl. The highest BCUT2D eigenvalue weighted by Gasteiger charge is 2.57. The Balaban J connectivity index is 0.00000161. The largest absolute Gasteiger partial charge is 0.497 e. The standard InChI is InChI=1S/C15H19IN2O2.ClH/c1-20-10-2-3-12(16)13(8-10)18-14(19)11-9-15(11)4-6-17-7-5-15;/h2-3,8,11,17H,4-7,9H2,1H3,(H,18,19);1H. The lowest BCUT2D eigenvalue weighted by atomic mass is 9.92. The first-order chi connectivity index (χ1) is 9.64. The van der Waals surface area contributed by atoms with Crippen molar-refractivity contribution >= 4 is 46.6 Å². The van der Waals surface area contributed by atoms with Gasteiger partial charge in [-0.15, -0.1) is 12.4 Å². The Morgan fingerprint density at radius 2 is 2.14 bits per heavy atom. The quantitative estimate of drug-likeness (QED) is 0.736. The van der Waals surface area contributed by atoms with E-state index < -0.39 is 0 Å². The lowest BCUT2D eigenvalue weighted by Gasteiger charge is -2.23. The van der Waals surface area contributed by atoms with Crippen molar-refractivity contribution in [3.8, 4) is 5.75 Å². The fourth-order valence-corrected chi connectivity index (χ4v) is 3.61. The monoisotopic (exact) mass is 422 g/mol. The highest BCUT2D eigenvalue weighted by atomic mass is 127. The predicted octanol–water partition coefficient (Wildman–Crippen LogP) is 3.05. The predicted molar refractivity (Wildman–Crippen MR) is 94.2 cm³/mol. The van der Waals surface area contributed by atoms with E-state index in [4.69, 9.17) is 4.74 Å². The molecule has 1 aliphatic heterocycles. The van der Waals surface area contributed by atoms with Crippen molar-refractivity contribution in [2.75, 3.05) is 25.5 Å². The average Bonchev–Trinajstić information content (AvgIpc) is 3.15. The smallest absolute Gasteiger partial charge is 0.228 e. The summed E-state index contributed by atoms with van der Waals surface area (Å²) in [7, 11) is 1.64. The van der Waals surface area contributed by atoms with Crippen LogP contribution < -0.4 is 15.4 Å². The highest BCUT2D eigenvalue weighted by Crippen LogP contribution is 2.58. The number of ether oxygens (including phenoxy) is 1. The van der Waals surface area contributed by atoms with E-state index in [0.717, 1.165) is 47.4 Å². The third kappa shape index (κ3) is 3.46. The normalized spacial score (nSPS) is 22.3. The average molecular weight is 423 g/mol. The van der Waals surface area contributed by atoms with Gasteiger partial charge in [0, 0.05) is 15.6 Å². The van der Waals surface area contributed by atoms with Gasteiger partial charge in [0.15, 0.2) is 0 Å². The van der Waals surface area contributed by atoms with Crippen molar-refractivity contribution in [1.82, 2.24) is 5.32 Å². The first kappa shape index (κ1) is 16.8. The number of piperidine rings is 1. The van der Waals surface area contributed by atoms with Crippen LogP contribution in [0.2, 0.25) is 0 Å². The molecule has 116 valence electrons. The molecule has 1 saturated carbocycles. The first-order valence-electron chi connectivity index (χ1n) is 7.00. The molecule has 2 aliphatic rings. The lowest BCUT2D eigenvalue weighted by molar-refractivity contribution is -0.118. The molecule has 1 unspecified atom stereocenters. The number of hydrogen-bond acceptors (Lipinski definition) is 3. The molecule has 1 spiro atoms. The topological polar surface area (TPSA) is 50.4 Å². The first-order valence-corrected chi connectivity index (χ1v) is 8.08. The van der Waals surface area contributed by atoms with Crippen molar-refractivity contribution in [1.29, 1.82) is 0 Å². The third-order valence-electron chi connectivity index (χ3n) is 4.54. The van der Waals surface area contributed by atoms with Crippen LogP contribution in [0.4, 0.5) is 5.69 Å². The van der Waals surface area contributed by atoms with Gasteiger partial charge in [0.2, 0.25) is 5.91 Å². The molecule has 2 N–H and O–H groups in total. The Kier molecular flexibility index (Phi) is 5.38. The number of benzene rings is 1. The molecule has 21 heavy (non-hydrogen) atoms. The van der Waals surface area contributed by atoms with E-state index in [-0.39, 0.29) is 29.6 Å². The van der Waals surface area contributed by atoms with E-state index in [0.29, 0.717) is 0 Å². The minimum absolute atomic E-state index is 0. The van der Waals surface area contributed by atoms with Gasteiger partial charge in [-0.2, -0.15) is 0 Å². The number of methoxy groups -OCH3 is 1. The number of carbonyl (C=O) groups is 1. The second kappa shape index (κ2) is 6.71. The number of anilines is 1. The summed E-state index contributed by atoms with van der Waals surface area (Å²) in [6, 6.07) is 5.75. The van der Waals surface area contributed by atoms with Gasteiger partial charge in [-0.3, -0.25) is 4.79 Å². The zero-order valence-corrected chi connectivity index (χ0v) is 14.9. The molecule has 0 bridgehead atoms. The van der Waals surface area contributed by atoms with Gasteiger partial charge in [0.05, 0.1) is 12.8 Å². The summed E-state index contributed by atoms with van der Waals surface area (Å²) in [6.07, 6.45) is 3.29. The fraction of sp³-hybridized carbons (Fsp3) is 0.533. The number of halogens is 2. The zero-order valence-electron chi connectivity index (χ0n) is 11.9. The fourth-order valence-electron chi connectivity index (χ4n) is 3.14. The number of hydrogen-bond donors (Lipinski definition) is 2. The molecule has 1 amide bonds. The van der Waals surface area contributed by atoms with Gasteiger partial charge in [-0.1, -0.05) is 0 Å². The molecule has 4 nitrogen and oxygen atoms in total. The number of nitrogens with one attached hydrogen (secondary N) is 2. The maximum absolute atomic E-state index is 12.4. The van der Waals surface area contributed by atoms with Crippen LogP contribution >= 0.6 is 35.0 Å². The summed E-state index contributed by atoms with van der Waals surface area (Å²) >= 11 is 2.24. The van der Waals surface area contributed by atoms with Crippen LogP contribution in [0.25, 0.3) is 0 Å². The van der Waals surface area contributed by atoms with Crippen LogP contribution in [-0.2, 0) is 4.79 Å². The summed E-state index contributed by atoms with van der Waals surface area (Å²) in [6.45, 7) is 2.08. The maximum Gasteiger partial charge on any atom is 0.228 e. The molecular weight excluding hydrogens is 403 g/mol. The van der Waals surface area contributed by atoms with Gasteiger partial charge < -0.3 is 15.4 Å². The van der Waals surface area contributed by atoms with Crippen LogP contribution in [0, 0.1) is 14.9 Å². The molecule has 1 aliphatic carbocycles. The second-order valence-corrected chi connectivity index (χ2v) is 6.87. The maximum atomic E-state index is 12.4. The van der Waals surface area contributed by atoms with Crippen molar-refractivity contribution in [2.24, 2.45) is 11.3 Å². The van der Waals surface area contributed by atoms with Crippen molar-refractivity contribution in [3.63, 3.8) is 0 Å². The van der Waals surface area contributed by atoms with Crippen molar-refractivity contribution in [3.05, 3.63) is 21.8 Å². The molecule has 1 saturated heterocycles. The Hall–Kier alpha value is -0.530. The van der Waals surface area contributed by atoms with Gasteiger partial charge in [0.1, 0.15) is 5.75 Å². The Morgan fingerprint density at radius 1 is 1.43 bits per heavy atom. The molecule has 1 aromatic rings. The third-order valence-corrected chi connectivity index (χ3v) is 5.48. The van der Waals surface area contributed by atoms with E-state index in [1.807, 2.05) is 18.2 Å². The summed E-state index contributed by atoms with van der Waals surface area (Å²) in [5, 5.41) is 6.44. The summed E-state index contributed by atoms with van der Waals surface area (Å²) < 4.78 is 6.25. The Morgan fingerprint density at radius 3 is 2.81 bits per heavy atom. The van der Waals surface area contributed by atoms with E-state index in [1.165, 1.54) is 0 Å². The molecule has 0 radical (unpaired) electrons. The van der Waals surface area contributed by atoms with E-state index >= 15 is 0 Å². The van der Waals surface area contributed by atoms with Crippen LogP contribution in [0.1, 0.15) is 19.3 Å². The van der Waals surface area contributed by atoms with Crippen molar-refractivity contribution in [2.45, 2.75) is 19.3 Å². The van der Waals surface area contributed by atoms with Crippen LogP contribution in [0.15, 0.2) is 18.2 Å². The molecule has 1 aromatic carbocycles. The van der Waals surface area contributed by atoms with Gasteiger partial charge >= 0.3 is 0 Å². The van der Waals surface area contributed by atoms with Gasteiger partial charge in [0.25, 0.3) is 0 Å². The van der Waals surface area contributed by atoms with Crippen molar-refractivity contribution < 1.29 is 9.53 Å². The molecule has 6 heteroatoms. The Bertz CT molecular complexity index is 532. The van der Waals surface area contributed by atoms with Crippen LogP contribution in [0.3, 0.4) is 0 Å².